The molecule has 0 unspecified atom stereocenters. The van der Waals surface area contributed by atoms with Crippen molar-refractivity contribution in [1.82, 2.24) is 15.3 Å². The zero-order valence-electron chi connectivity index (χ0n) is 11.5. The number of nitrogens with zero attached hydrogens (tertiary/aromatic N) is 2. The first-order valence-corrected chi connectivity index (χ1v) is 7.12. The molecule has 0 aliphatic rings. The van der Waals surface area contributed by atoms with E-state index in [4.69, 9.17) is 28.6 Å². The van der Waals surface area contributed by atoms with Crippen molar-refractivity contribution >= 4 is 34.7 Å². The van der Waals surface area contributed by atoms with Gasteiger partial charge in [0.25, 0.3) is 0 Å². The first-order valence-electron chi connectivity index (χ1n) is 6.34. The fraction of sp³-hybridized carbons (Fsp3) is 0.214. The lowest BCUT2D eigenvalue weighted by molar-refractivity contribution is 0.409. The molecular weight excluding hydrogens is 308 g/mol. The van der Waals surface area contributed by atoms with Gasteiger partial charge in [-0.05, 0) is 30.3 Å². The maximum Gasteiger partial charge on any atom is 0.172 e. The van der Waals surface area contributed by atoms with E-state index in [9.17, 15) is 0 Å². The van der Waals surface area contributed by atoms with Crippen LogP contribution >= 0.6 is 23.8 Å². The number of benzene rings is 1. The fourth-order valence-corrected chi connectivity index (χ4v) is 2.13. The summed E-state index contributed by atoms with van der Waals surface area (Å²) in [5, 5.41) is 6.74. The highest BCUT2D eigenvalue weighted by Gasteiger charge is 2.05. The topological polar surface area (TPSA) is 59.1 Å². The van der Waals surface area contributed by atoms with Crippen LogP contribution in [0.5, 0.6) is 5.75 Å². The minimum atomic E-state index is 0.284. The van der Waals surface area contributed by atoms with Crippen LogP contribution in [-0.2, 0) is 6.42 Å². The van der Waals surface area contributed by atoms with Crippen LogP contribution in [0, 0.1) is 0 Å². The number of anilines is 1. The number of hydrogen-bond donors (Lipinski definition) is 2. The number of methoxy groups -OCH3 is 1. The van der Waals surface area contributed by atoms with Gasteiger partial charge in [0.2, 0.25) is 0 Å². The summed E-state index contributed by atoms with van der Waals surface area (Å²) >= 11 is 11.1. The third kappa shape index (κ3) is 4.54. The monoisotopic (exact) mass is 322 g/mol. The van der Waals surface area contributed by atoms with Crippen LogP contribution < -0.4 is 15.4 Å². The Balaban J connectivity index is 1.83. The Hall–Kier alpha value is -1.92. The van der Waals surface area contributed by atoms with E-state index in [2.05, 4.69) is 20.6 Å². The molecule has 0 aliphatic heterocycles. The quantitative estimate of drug-likeness (QED) is 0.825. The molecule has 2 N–H and O–H groups in total. The summed E-state index contributed by atoms with van der Waals surface area (Å²) in [6.45, 7) is 0.671. The molecule has 7 heteroatoms. The van der Waals surface area contributed by atoms with Crippen LogP contribution in [-0.4, -0.2) is 28.7 Å². The van der Waals surface area contributed by atoms with E-state index in [-0.39, 0.29) is 5.15 Å². The molecule has 1 aromatic heterocycles. The van der Waals surface area contributed by atoms with E-state index in [1.807, 2.05) is 24.3 Å². The highest BCUT2D eigenvalue weighted by Crippen LogP contribution is 2.17. The Morgan fingerprint density at radius 3 is 2.81 bits per heavy atom. The average molecular weight is 323 g/mol. The average Bonchev–Trinajstić information content (AvgIpc) is 2.50. The van der Waals surface area contributed by atoms with E-state index in [0.29, 0.717) is 17.5 Å². The van der Waals surface area contributed by atoms with Crippen molar-refractivity contribution in [2.45, 2.75) is 6.42 Å². The normalized spacial score (nSPS) is 10.0. The molecule has 0 aliphatic carbocycles. The maximum atomic E-state index is 5.90. The van der Waals surface area contributed by atoms with Crippen molar-refractivity contribution in [1.29, 1.82) is 0 Å². The standard InChI is InChI=1S/C14H15ClN4OS/c1-20-11-5-3-2-4-10(11)6-7-18-14(21)19-13-12(15)16-8-9-17-13/h2-5,8-9H,6-7H2,1H3,(H2,17,18,19,21). The molecule has 0 spiro atoms. The van der Waals surface area contributed by atoms with Gasteiger partial charge in [0, 0.05) is 18.9 Å². The second kappa shape index (κ2) is 7.75. The summed E-state index contributed by atoms with van der Waals surface area (Å²) in [5.41, 5.74) is 1.12. The molecule has 110 valence electrons. The number of thiocarbonyl (C=S) groups is 1. The number of rotatable bonds is 5. The lowest BCUT2D eigenvalue weighted by Crippen LogP contribution is -2.30. The van der Waals surface area contributed by atoms with Crippen molar-refractivity contribution in [2.24, 2.45) is 0 Å². The van der Waals surface area contributed by atoms with Gasteiger partial charge in [0.1, 0.15) is 5.75 Å². The van der Waals surface area contributed by atoms with Crippen molar-refractivity contribution in [3.63, 3.8) is 0 Å². The molecule has 1 heterocycles. The van der Waals surface area contributed by atoms with Crippen molar-refractivity contribution < 1.29 is 4.74 Å². The second-order valence-electron chi connectivity index (χ2n) is 4.14. The molecule has 0 fully saturated rings. The predicted molar refractivity (Wildman–Crippen MR) is 88.0 cm³/mol. The van der Waals surface area contributed by atoms with Gasteiger partial charge in [-0.15, -0.1) is 0 Å². The first-order chi connectivity index (χ1) is 10.2. The molecule has 0 saturated carbocycles. The Bertz CT molecular complexity index is 623. The minimum absolute atomic E-state index is 0.284. The van der Waals surface area contributed by atoms with Gasteiger partial charge >= 0.3 is 0 Å². The number of para-hydroxylation sites is 1. The van der Waals surface area contributed by atoms with Gasteiger partial charge in [-0.25, -0.2) is 9.97 Å². The number of aromatic nitrogens is 2. The molecule has 21 heavy (non-hydrogen) atoms. The van der Waals surface area contributed by atoms with Crippen LogP contribution in [0.3, 0.4) is 0 Å². The van der Waals surface area contributed by atoms with E-state index < -0.39 is 0 Å². The van der Waals surface area contributed by atoms with Crippen LogP contribution in [0.2, 0.25) is 5.15 Å². The summed E-state index contributed by atoms with van der Waals surface area (Å²) in [6.07, 6.45) is 3.86. The van der Waals surface area contributed by atoms with Crippen LogP contribution in [0.15, 0.2) is 36.7 Å². The van der Waals surface area contributed by atoms with Crippen LogP contribution in [0.4, 0.5) is 5.82 Å². The molecule has 0 amide bonds. The Morgan fingerprint density at radius 1 is 1.29 bits per heavy atom. The lowest BCUT2D eigenvalue weighted by atomic mass is 10.1. The molecule has 1 aromatic carbocycles. The Kier molecular flexibility index (Phi) is 5.71. The van der Waals surface area contributed by atoms with Crippen molar-refractivity contribution in [3.05, 3.63) is 47.4 Å². The van der Waals surface area contributed by atoms with Crippen LogP contribution in [0.25, 0.3) is 0 Å². The summed E-state index contributed by atoms with van der Waals surface area (Å²) in [4.78, 5) is 7.98. The van der Waals surface area contributed by atoms with Crippen molar-refractivity contribution in [2.75, 3.05) is 19.0 Å². The lowest BCUT2D eigenvalue weighted by Gasteiger charge is -2.11. The number of ether oxygens (including phenoxy) is 1. The number of halogens is 1. The molecule has 0 bridgehead atoms. The highest BCUT2D eigenvalue weighted by atomic mass is 35.5. The summed E-state index contributed by atoms with van der Waals surface area (Å²) in [5.74, 6) is 1.31. The molecule has 2 rings (SSSR count). The minimum Gasteiger partial charge on any atom is -0.496 e. The first kappa shape index (κ1) is 15.5. The molecule has 0 radical (unpaired) electrons. The van der Waals surface area contributed by atoms with Crippen LogP contribution in [0.1, 0.15) is 5.56 Å². The molecule has 2 aromatic rings. The maximum absolute atomic E-state index is 5.90. The zero-order valence-corrected chi connectivity index (χ0v) is 13.0. The van der Waals surface area contributed by atoms with Gasteiger partial charge in [-0.3, -0.25) is 0 Å². The summed E-state index contributed by atoms with van der Waals surface area (Å²) in [7, 11) is 1.66. The highest BCUT2D eigenvalue weighted by molar-refractivity contribution is 7.80. The SMILES string of the molecule is COc1ccccc1CCNC(=S)Nc1nccnc1Cl. The molecule has 0 atom stereocenters. The molecule has 0 saturated heterocycles. The largest absolute Gasteiger partial charge is 0.496 e. The van der Waals surface area contributed by atoms with Gasteiger partial charge in [0.05, 0.1) is 7.11 Å². The number of hydrogen-bond acceptors (Lipinski definition) is 4. The predicted octanol–water partition coefficient (Wildman–Crippen LogP) is 2.67. The summed E-state index contributed by atoms with van der Waals surface area (Å²) < 4.78 is 5.30. The zero-order chi connectivity index (χ0) is 15.1. The van der Waals surface area contributed by atoms with Gasteiger partial charge in [-0.1, -0.05) is 29.8 Å². The van der Waals surface area contributed by atoms with E-state index >= 15 is 0 Å². The van der Waals surface area contributed by atoms with E-state index in [1.54, 1.807) is 13.3 Å². The Morgan fingerprint density at radius 2 is 2.05 bits per heavy atom. The number of nitrogens with one attached hydrogen (secondary N) is 2. The second-order valence-corrected chi connectivity index (χ2v) is 4.90. The third-order valence-corrected chi connectivity index (χ3v) is 3.28. The molecular formula is C14H15ClN4OS. The Labute approximate surface area is 133 Å². The van der Waals surface area contributed by atoms with E-state index in [1.165, 1.54) is 6.20 Å². The third-order valence-electron chi connectivity index (χ3n) is 2.76. The summed E-state index contributed by atoms with van der Waals surface area (Å²) in [6, 6.07) is 7.88. The van der Waals surface area contributed by atoms with Gasteiger partial charge in [-0.2, -0.15) is 0 Å². The smallest absolute Gasteiger partial charge is 0.172 e. The van der Waals surface area contributed by atoms with Gasteiger partial charge < -0.3 is 15.4 Å². The fourth-order valence-electron chi connectivity index (χ4n) is 1.78. The van der Waals surface area contributed by atoms with E-state index in [0.717, 1.165) is 17.7 Å². The van der Waals surface area contributed by atoms with Gasteiger partial charge in [0.15, 0.2) is 16.1 Å². The van der Waals surface area contributed by atoms with Crippen molar-refractivity contribution in [3.8, 4) is 5.75 Å². The molecule has 5 nitrogen and oxygen atoms in total.